The second-order valence-electron chi connectivity index (χ2n) is 5.76. The van der Waals surface area contributed by atoms with Crippen molar-refractivity contribution < 1.29 is 9.90 Å². The number of rotatable bonds is 2. The van der Waals surface area contributed by atoms with E-state index < -0.39 is 5.97 Å². The van der Waals surface area contributed by atoms with Gasteiger partial charge in [0, 0.05) is 18.3 Å². The lowest BCUT2D eigenvalue weighted by Crippen LogP contribution is -2.41. The first-order valence-corrected chi connectivity index (χ1v) is 6.88. The molecule has 0 aliphatic carbocycles. The van der Waals surface area contributed by atoms with Gasteiger partial charge >= 0.3 is 5.97 Å². The Hall–Kier alpha value is -1.58. The third-order valence-electron chi connectivity index (χ3n) is 3.95. The summed E-state index contributed by atoms with van der Waals surface area (Å²) in [7, 11) is 0. The van der Waals surface area contributed by atoms with Crippen LogP contribution >= 0.6 is 0 Å². The summed E-state index contributed by atoms with van der Waals surface area (Å²) < 4.78 is 0. The van der Waals surface area contributed by atoms with Crippen molar-refractivity contribution >= 4 is 11.8 Å². The van der Waals surface area contributed by atoms with Crippen molar-refractivity contribution in [1.29, 1.82) is 0 Å². The molecule has 104 valence electrons. The average Bonchev–Trinajstić information content (AvgIpc) is 2.26. The summed E-state index contributed by atoms with van der Waals surface area (Å²) in [6, 6.07) is 2.18. The standard InChI is InChI=1S/C15H22N2O2/c1-9-5-6-17(12(4)7-9)14-13(15(18)19)10(2)8-11(3)16-14/h8-9,12H,5-7H2,1-4H3,(H,18,19). The number of pyridine rings is 1. The van der Waals surface area contributed by atoms with Gasteiger partial charge in [0.25, 0.3) is 0 Å². The van der Waals surface area contributed by atoms with E-state index in [2.05, 4.69) is 23.7 Å². The minimum atomic E-state index is -0.883. The molecule has 1 saturated heterocycles. The normalized spacial score (nSPS) is 23.5. The number of aromatic carboxylic acids is 1. The van der Waals surface area contributed by atoms with Crippen molar-refractivity contribution in [1.82, 2.24) is 4.98 Å². The maximum atomic E-state index is 11.5. The first kappa shape index (κ1) is 13.8. The molecule has 0 aromatic carbocycles. The molecule has 0 amide bonds. The van der Waals surface area contributed by atoms with E-state index in [-0.39, 0.29) is 0 Å². The highest BCUT2D eigenvalue weighted by Crippen LogP contribution is 2.30. The number of piperidine rings is 1. The molecule has 4 heteroatoms. The highest BCUT2D eigenvalue weighted by Gasteiger charge is 2.28. The molecule has 1 fully saturated rings. The van der Waals surface area contributed by atoms with Crippen molar-refractivity contribution in [2.45, 2.75) is 46.6 Å². The molecule has 2 atom stereocenters. The van der Waals surface area contributed by atoms with Crippen molar-refractivity contribution in [3.8, 4) is 0 Å². The number of nitrogens with zero attached hydrogens (tertiary/aromatic N) is 2. The summed E-state index contributed by atoms with van der Waals surface area (Å²) in [5.74, 6) is 0.459. The Bertz CT molecular complexity index is 499. The fourth-order valence-corrected chi connectivity index (χ4v) is 3.01. The van der Waals surface area contributed by atoms with Crippen LogP contribution in [0, 0.1) is 19.8 Å². The van der Waals surface area contributed by atoms with Gasteiger partial charge in [-0.25, -0.2) is 9.78 Å². The first-order chi connectivity index (χ1) is 8.90. The summed E-state index contributed by atoms with van der Waals surface area (Å²) in [6.07, 6.45) is 2.19. The van der Waals surface area contributed by atoms with E-state index >= 15 is 0 Å². The Morgan fingerprint density at radius 2 is 2.11 bits per heavy atom. The summed E-state index contributed by atoms with van der Waals surface area (Å²) in [4.78, 5) is 18.2. The molecular formula is C15H22N2O2. The van der Waals surface area contributed by atoms with Gasteiger partial charge in [0.1, 0.15) is 11.4 Å². The molecule has 2 rings (SSSR count). The van der Waals surface area contributed by atoms with Crippen LogP contribution in [-0.2, 0) is 0 Å². The Labute approximate surface area is 114 Å². The highest BCUT2D eigenvalue weighted by molar-refractivity contribution is 5.95. The van der Waals surface area contributed by atoms with E-state index in [1.165, 1.54) is 0 Å². The van der Waals surface area contributed by atoms with Crippen LogP contribution in [0.25, 0.3) is 0 Å². The molecule has 1 aliphatic heterocycles. The molecule has 0 radical (unpaired) electrons. The van der Waals surface area contributed by atoms with Crippen LogP contribution < -0.4 is 4.90 Å². The molecule has 4 nitrogen and oxygen atoms in total. The quantitative estimate of drug-likeness (QED) is 0.890. The van der Waals surface area contributed by atoms with Gasteiger partial charge in [-0.15, -0.1) is 0 Å². The molecule has 0 saturated carbocycles. The zero-order valence-electron chi connectivity index (χ0n) is 12.1. The number of carbonyl (C=O) groups is 1. The number of aromatic nitrogens is 1. The van der Waals surface area contributed by atoms with Gasteiger partial charge in [-0.2, -0.15) is 0 Å². The molecular weight excluding hydrogens is 240 g/mol. The first-order valence-electron chi connectivity index (χ1n) is 6.88. The van der Waals surface area contributed by atoms with E-state index in [1.807, 2.05) is 19.9 Å². The van der Waals surface area contributed by atoms with Gasteiger partial charge in [-0.3, -0.25) is 0 Å². The van der Waals surface area contributed by atoms with Crippen LogP contribution in [0.15, 0.2) is 6.07 Å². The van der Waals surface area contributed by atoms with Gasteiger partial charge in [-0.05, 0) is 51.2 Å². The minimum absolute atomic E-state index is 0.343. The molecule has 1 aromatic heterocycles. The molecule has 0 spiro atoms. The number of carboxylic acids is 1. The lowest BCUT2D eigenvalue weighted by atomic mass is 9.93. The Morgan fingerprint density at radius 3 is 2.68 bits per heavy atom. The van der Waals surface area contributed by atoms with Crippen molar-refractivity contribution in [2.75, 3.05) is 11.4 Å². The number of hydrogen-bond donors (Lipinski definition) is 1. The van der Waals surface area contributed by atoms with Gasteiger partial charge < -0.3 is 10.0 Å². The van der Waals surface area contributed by atoms with Crippen LogP contribution in [0.2, 0.25) is 0 Å². The molecule has 1 aliphatic rings. The predicted molar refractivity (Wildman–Crippen MR) is 75.9 cm³/mol. The lowest BCUT2D eigenvalue weighted by molar-refractivity contribution is 0.0696. The molecule has 2 heterocycles. The largest absolute Gasteiger partial charge is 0.478 e. The number of aryl methyl sites for hydroxylation is 2. The van der Waals surface area contributed by atoms with Gasteiger partial charge in [0.15, 0.2) is 0 Å². The minimum Gasteiger partial charge on any atom is -0.478 e. The molecule has 19 heavy (non-hydrogen) atoms. The molecule has 0 bridgehead atoms. The molecule has 2 unspecified atom stereocenters. The van der Waals surface area contributed by atoms with Crippen LogP contribution in [0.1, 0.15) is 48.3 Å². The van der Waals surface area contributed by atoms with Crippen LogP contribution in [0.3, 0.4) is 0 Å². The van der Waals surface area contributed by atoms with Gasteiger partial charge in [-0.1, -0.05) is 6.92 Å². The second-order valence-corrected chi connectivity index (χ2v) is 5.76. The van der Waals surface area contributed by atoms with E-state index in [0.717, 1.165) is 30.6 Å². The Morgan fingerprint density at radius 1 is 1.42 bits per heavy atom. The van der Waals surface area contributed by atoms with E-state index in [4.69, 9.17) is 0 Å². The molecule has 1 N–H and O–H groups in total. The number of hydrogen-bond acceptors (Lipinski definition) is 3. The highest BCUT2D eigenvalue weighted by atomic mass is 16.4. The van der Waals surface area contributed by atoms with Crippen LogP contribution in [0.4, 0.5) is 5.82 Å². The zero-order valence-corrected chi connectivity index (χ0v) is 12.1. The average molecular weight is 262 g/mol. The number of anilines is 1. The summed E-state index contributed by atoms with van der Waals surface area (Å²) in [5.41, 5.74) is 2.02. The van der Waals surface area contributed by atoms with Gasteiger partial charge in [0.2, 0.25) is 0 Å². The zero-order chi connectivity index (χ0) is 14.2. The van der Waals surface area contributed by atoms with E-state index in [9.17, 15) is 9.90 Å². The lowest BCUT2D eigenvalue weighted by Gasteiger charge is -2.38. The topological polar surface area (TPSA) is 53.4 Å². The monoisotopic (exact) mass is 262 g/mol. The maximum Gasteiger partial charge on any atom is 0.339 e. The Balaban J connectivity index is 2.46. The van der Waals surface area contributed by atoms with Crippen LogP contribution in [0.5, 0.6) is 0 Å². The Kier molecular flexibility index (Phi) is 3.78. The van der Waals surface area contributed by atoms with Gasteiger partial charge in [0.05, 0.1) is 0 Å². The maximum absolute atomic E-state index is 11.5. The predicted octanol–water partition coefficient (Wildman–Crippen LogP) is 3.02. The smallest absolute Gasteiger partial charge is 0.339 e. The van der Waals surface area contributed by atoms with Crippen molar-refractivity contribution in [3.05, 3.63) is 22.9 Å². The number of carboxylic acid groups (broad SMARTS) is 1. The van der Waals surface area contributed by atoms with Crippen LogP contribution in [-0.4, -0.2) is 28.6 Å². The summed E-state index contributed by atoms with van der Waals surface area (Å²) >= 11 is 0. The summed E-state index contributed by atoms with van der Waals surface area (Å²) in [5, 5.41) is 9.44. The molecule has 1 aromatic rings. The second kappa shape index (κ2) is 5.19. The third-order valence-corrected chi connectivity index (χ3v) is 3.95. The SMILES string of the molecule is Cc1cc(C)c(C(=O)O)c(N2CCC(C)CC2C)n1. The van der Waals surface area contributed by atoms with E-state index in [0.29, 0.717) is 23.3 Å². The fourth-order valence-electron chi connectivity index (χ4n) is 3.01. The summed E-state index contributed by atoms with van der Waals surface area (Å²) in [6.45, 7) is 9.05. The van der Waals surface area contributed by atoms with E-state index in [1.54, 1.807) is 0 Å². The fraction of sp³-hybridized carbons (Fsp3) is 0.600. The third kappa shape index (κ3) is 2.72. The van der Waals surface area contributed by atoms with Crippen molar-refractivity contribution in [2.24, 2.45) is 5.92 Å². The van der Waals surface area contributed by atoms with Crippen molar-refractivity contribution in [3.63, 3.8) is 0 Å².